The Balaban J connectivity index is 2.47. The molecule has 1 aromatic carbocycles. The third-order valence-electron chi connectivity index (χ3n) is 3.06. The molecular weight excluding hydrogens is 254 g/mol. The number of nitrogens with two attached hydrogens (primary N) is 1. The number of nitrogens with zero attached hydrogens (tertiary/aromatic N) is 2. The van der Waals surface area contributed by atoms with Gasteiger partial charge in [0, 0.05) is 12.2 Å². The van der Waals surface area contributed by atoms with Gasteiger partial charge in [-0.25, -0.2) is 9.78 Å². The number of carbonyl (C=O) groups is 1. The molecule has 3 N–H and O–H groups in total. The van der Waals surface area contributed by atoms with E-state index in [1.165, 1.54) is 12.3 Å². The first kappa shape index (κ1) is 13.9. The Morgan fingerprint density at radius 2 is 2.15 bits per heavy atom. The number of hydrogen-bond acceptors (Lipinski definition) is 4. The van der Waals surface area contributed by atoms with Crippen molar-refractivity contribution in [3.05, 3.63) is 47.7 Å². The van der Waals surface area contributed by atoms with Crippen LogP contribution in [0.5, 0.6) is 0 Å². The molecule has 0 atom stereocenters. The van der Waals surface area contributed by atoms with Crippen molar-refractivity contribution in [2.75, 3.05) is 17.2 Å². The summed E-state index contributed by atoms with van der Waals surface area (Å²) in [7, 11) is 0. The van der Waals surface area contributed by atoms with Gasteiger partial charge in [0.2, 0.25) is 0 Å². The van der Waals surface area contributed by atoms with Crippen LogP contribution in [0.1, 0.15) is 22.8 Å². The number of aromatic nitrogens is 1. The van der Waals surface area contributed by atoms with Gasteiger partial charge in [-0.15, -0.1) is 0 Å². The largest absolute Gasteiger partial charge is 0.478 e. The number of benzene rings is 1. The van der Waals surface area contributed by atoms with Gasteiger partial charge in [0.25, 0.3) is 0 Å². The molecule has 2 rings (SSSR count). The van der Waals surface area contributed by atoms with E-state index in [0.717, 1.165) is 11.3 Å². The Kier molecular flexibility index (Phi) is 3.89. The second kappa shape index (κ2) is 5.61. The Hall–Kier alpha value is -2.56. The van der Waals surface area contributed by atoms with Gasteiger partial charge in [-0.3, -0.25) is 0 Å². The maximum Gasteiger partial charge on any atom is 0.337 e. The molecule has 0 fully saturated rings. The number of nitrogen functional groups attached to an aromatic ring is 1. The molecule has 0 aliphatic rings. The predicted molar refractivity (Wildman–Crippen MR) is 79.5 cm³/mol. The Labute approximate surface area is 117 Å². The Morgan fingerprint density at radius 3 is 2.75 bits per heavy atom. The summed E-state index contributed by atoms with van der Waals surface area (Å²) in [5.41, 5.74) is 7.98. The number of hydrogen-bond donors (Lipinski definition) is 2. The second-order valence-electron chi connectivity index (χ2n) is 4.52. The number of aryl methyl sites for hydroxylation is 1. The molecule has 2 aromatic rings. The van der Waals surface area contributed by atoms with Crippen molar-refractivity contribution in [1.29, 1.82) is 0 Å². The highest BCUT2D eigenvalue weighted by Crippen LogP contribution is 2.26. The molecule has 0 unspecified atom stereocenters. The van der Waals surface area contributed by atoms with Crippen molar-refractivity contribution in [3.8, 4) is 0 Å². The van der Waals surface area contributed by atoms with Gasteiger partial charge in [0.1, 0.15) is 5.82 Å². The number of anilines is 3. The van der Waals surface area contributed by atoms with Crippen molar-refractivity contribution in [1.82, 2.24) is 4.98 Å². The van der Waals surface area contributed by atoms with Gasteiger partial charge in [-0.2, -0.15) is 0 Å². The van der Waals surface area contributed by atoms with E-state index in [9.17, 15) is 4.79 Å². The molecule has 5 heteroatoms. The molecule has 0 amide bonds. The summed E-state index contributed by atoms with van der Waals surface area (Å²) >= 11 is 0. The third-order valence-corrected chi connectivity index (χ3v) is 3.06. The third kappa shape index (κ3) is 2.71. The van der Waals surface area contributed by atoms with Crippen LogP contribution in [0.15, 0.2) is 36.5 Å². The van der Waals surface area contributed by atoms with Crippen LogP contribution in [0.4, 0.5) is 17.2 Å². The van der Waals surface area contributed by atoms with Crippen molar-refractivity contribution in [3.63, 3.8) is 0 Å². The van der Waals surface area contributed by atoms with Crippen LogP contribution in [0.3, 0.4) is 0 Å². The summed E-state index contributed by atoms with van der Waals surface area (Å²) in [6.07, 6.45) is 1.39. The zero-order valence-corrected chi connectivity index (χ0v) is 11.5. The minimum atomic E-state index is -1.05. The van der Waals surface area contributed by atoms with Crippen LogP contribution in [-0.2, 0) is 0 Å². The monoisotopic (exact) mass is 271 g/mol. The zero-order chi connectivity index (χ0) is 14.7. The average Bonchev–Trinajstić information content (AvgIpc) is 2.41. The molecule has 104 valence electrons. The van der Waals surface area contributed by atoms with Crippen molar-refractivity contribution in [2.45, 2.75) is 13.8 Å². The van der Waals surface area contributed by atoms with Crippen molar-refractivity contribution in [2.24, 2.45) is 0 Å². The van der Waals surface area contributed by atoms with Gasteiger partial charge < -0.3 is 15.7 Å². The summed E-state index contributed by atoms with van der Waals surface area (Å²) in [5, 5.41) is 9.13. The molecule has 0 saturated heterocycles. The molecule has 20 heavy (non-hydrogen) atoms. The maximum absolute atomic E-state index is 11.1. The van der Waals surface area contributed by atoms with E-state index in [1.807, 2.05) is 43.0 Å². The van der Waals surface area contributed by atoms with Gasteiger partial charge in [0.15, 0.2) is 0 Å². The van der Waals surface area contributed by atoms with Crippen LogP contribution in [0.2, 0.25) is 0 Å². The highest BCUT2D eigenvalue weighted by Gasteiger charge is 2.14. The van der Waals surface area contributed by atoms with E-state index in [1.54, 1.807) is 0 Å². The van der Waals surface area contributed by atoms with Crippen LogP contribution in [0.25, 0.3) is 0 Å². The van der Waals surface area contributed by atoms with E-state index in [4.69, 9.17) is 10.8 Å². The second-order valence-corrected chi connectivity index (χ2v) is 4.52. The summed E-state index contributed by atoms with van der Waals surface area (Å²) in [6, 6.07) is 9.47. The first-order chi connectivity index (χ1) is 9.52. The molecular formula is C15H17N3O2. The zero-order valence-electron chi connectivity index (χ0n) is 11.5. The van der Waals surface area contributed by atoms with Crippen LogP contribution in [-0.4, -0.2) is 22.6 Å². The molecule has 0 radical (unpaired) electrons. The number of pyridine rings is 1. The van der Waals surface area contributed by atoms with E-state index < -0.39 is 5.97 Å². The molecule has 0 aliphatic heterocycles. The fraction of sp³-hybridized carbons (Fsp3) is 0.200. The summed E-state index contributed by atoms with van der Waals surface area (Å²) < 4.78 is 0. The van der Waals surface area contributed by atoms with Crippen molar-refractivity contribution < 1.29 is 9.90 Å². The van der Waals surface area contributed by atoms with Gasteiger partial charge in [0.05, 0.1) is 17.4 Å². The maximum atomic E-state index is 11.1. The fourth-order valence-electron chi connectivity index (χ4n) is 2.06. The Bertz CT molecular complexity index is 641. The van der Waals surface area contributed by atoms with Crippen LogP contribution < -0.4 is 10.6 Å². The highest BCUT2D eigenvalue weighted by molar-refractivity contribution is 5.94. The minimum Gasteiger partial charge on any atom is -0.478 e. The Morgan fingerprint density at radius 1 is 1.40 bits per heavy atom. The topological polar surface area (TPSA) is 79.5 Å². The summed E-state index contributed by atoms with van der Waals surface area (Å²) in [6.45, 7) is 4.68. The smallest absolute Gasteiger partial charge is 0.337 e. The molecule has 0 saturated carbocycles. The van der Waals surface area contributed by atoms with Gasteiger partial charge >= 0.3 is 5.97 Å². The lowest BCUT2D eigenvalue weighted by molar-refractivity contribution is 0.0698. The molecule has 0 aliphatic carbocycles. The molecule has 0 spiro atoms. The molecule has 0 bridgehead atoms. The number of carboxylic acid groups (broad SMARTS) is 1. The lowest BCUT2D eigenvalue weighted by Gasteiger charge is -2.23. The normalized spacial score (nSPS) is 10.3. The fourth-order valence-corrected chi connectivity index (χ4v) is 2.06. The predicted octanol–water partition coefficient (Wildman–Crippen LogP) is 2.83. The van der Waals surface area contributed by atoms with Crippen LogP contribution >= 0.6 is 0 Å². The van der Waals surface area contributed by atoms with E-state index >= 15 is 0 Å². The quantitative estimate of drug-likeness (QED) is 0.893. The first-order valence-electron chi connectivity index (χ1n) is 6.36. The highest BCUT2D eigenvalue weighted by atomic mass is 16.4. The SMILES string of the molecule is CCN(c1cccc(C)c1)c1cc(C(=O)O)c(N)cn1. The number of aromatic carboxylic acids is 1. The summed E-state index contributed by atoms with van der Waals surface area (Å²) in [5.74, 6) is -0.476. The summed E-state index contributed by atoms with van der Waals surface area (Å²) in [4.78, 5) is 17.3. The molecule has 1 aromatic heterocycles. The molecule has 5 nitrogen and oxygen atoms in total. The molecule has 1 heterocycles. The minimum absolute atomic E-state index is 0.0705. The standard InChI is InChI=1S/C15H17N3O2/c1-3-18(11-6-4-5-10(2)7-11)14-8-12(15(19)20)13(16)9-17-14/h4-9H,3,16H2,1-2H3,(H,19,20). The number of carboxylic acids is 1. The lowest BCUT2D eigenvalue weighted by Crippen LogP contribution is -2.18. The van der Waals surface area contributed by atoms with Gasteiger partial charge in [-0.05, 0) is 37.6 Å². The van der Waals surface area contributed by atoms with Crippen LogP contribution in [0, 0.1) is 6.92 Å². The first-order valence-corrected chi connectivity index (χ1v) is 6.36. The average molecular weight is 271 g/mol. The van der Waals surface area contributed by atoms with E-state index in [-0.39, 0.29) is 11.3 Å². The number of rotatable bonds is 4. The lowest BCUT2D eigenvalue weighted by atomic mass is 10.2. The van der Waals surface area contributed by atoms with Gasteiger partial charge in [-0.1, -0.05) is 12.1 Å². The van der Waals surface area contributed by atoms with E-state index in [2.05, 4.69) is 4.98 Å². The van der Waals surface area contributed by atoms with E-state index in [0.29, 0.717) is 12.4 Å². The van der Waals surface area contributed by atoms with Crippen molar-refractivity contribution >= 4 is 23.2 Å².